The molecule has 3 aliphatic rings. The number of imide groups is 1. The van der Waals surface area contributed by atoms with Crippen LogP contribution in [-0.2, 0) is 4.79 Å². The van der Waals surface area contributed by atoms with Gasteiger partial charge in [-0.15, -0.1) is 0 Å². The topological polar surface area (TPSA) is 83.7 Å². The van der Waals surface area contributed by atoms with Crippen molar-refractivity contribution in [3.63, 3.8) is 0 Å². The van der Waals surface area contributed by atoms with Crippen molar-refractivity contribution < 1.29 is 14.4 Å². The lowest BCUT2D eigenvalue weighted by Gasteiger charge is -2.43. The molecule has 0 radical (unpaired) electrons. The Bertz CT molecular complexity index is 765. The fourth-order valence-corrected chi connectivity index (χ4v) is 5.04. The summed E-state index contributed by atoms with van der Waals surface area (Å²) in [7, 11) is 0. The van der Waals surface area contributed by atoms with E-state index in [0.717, 1.165) is 25.8 Å². The molecular weight excluding hydrogens is 354 g/mol. The summed E-state index contributed by atoms with van der Waals surface area (Å²) >= 11 is 0. The summed E-state index contributed by atoms with van der Waals surface area (Å²) < 4.78 is 0. The highest BCUT2D eigenvalue weighted by Gasteiger charge is 2.42. The minimum Gasteiger partial charge on any atom is -0.339 e. The molecule has 150 valence electrons. The molecule has 2 N–H and O–H groups in total. The first-order chi connectivity index (χ1) is 13.4. The second-order valence-electron chi connectivity index (χ2n) is 8.75. The molecule has 6 heteroatoms. The molecule has 28 heavy (non-hydrogen) atoms. The van der Waals surface area contributed by atoms with Crippen LogP contribution in [-0.4, -0.2) is 52.2 Å². The zero-order chi connectivity index (χ0) is 20.0. The van der Waals surface area contributed by atoms with Crippen LogP contribution in [0.2, 0.25) is 0 Å². The smallest absolute Gasteiger partial charge is 0.261 e. The molecule has 4 rings (SSSR count). The summed E-state index contributed by atoms with van der Waals surface area (Å²) in [6, 6.07) is 7.23. The SMILES string of the molecule is CC1CN(C(=O)C2CCC(N3C(=O)c4ccccc4C3=O)CC2)C(C)CC1N. The van der Waals surface area contributed by atoms with E-state index in [2.05, 4.69) is 13.8 Å². The van der Waals surface area contributed by atoms with Crippen LogP contribution in [0, 0.1) is 11.8 Å². The van der Waals surface area contributed by atoms with Gasteiger partial charge in [-0.05, 0) is 57.1 Å². The van der Waals surface area contributed by atoms with Crippen LogP contribution < -0.4 is 5.73 Å². The van der Waals surface area contributed by atoms with Crippen molar-refractivity contribution in [2.75, 3.05) is 6.54 Å². The summed E-state index contributed by atoms with van der Waals surface area (Å²) in [6.45, 7) is 4.91. The highest BCUT2D eigenvalue weighted by molar-refractivity contribution is 6.21. The average molecular weight is 383 g/mol. The minimum atomic E-state index is -0.192. The number of nitrogens with zero attached hydrogens (tertiary/aromatic N) is 2. The lowest BCUT2D eigenvalue weighted by molar-refractivity contribution is -0.141. The first-order valence-electron chi connectivity index (χ1n) is 10.4. The fourth-order valence-electron chi connectivity index (χ4n) is 5.04. The van der Waals surface area contributed by atoms with Gasteiger partial charge in [0.15, 0.2) is 0 Å². The van der Waals surface area contributed by atoms with Gasteiger partial charge in [0.05, 0.1) is 11.1 Å². The monoisotopic (exact) mass is 383 g/mol. The van der Waals surface area contributed by atoms with Gasteiger partial charge in [0, 0.05) is 30.6 Å². The van der Waals surface area contributed by atoms with Gasteiger partial charge in [0.1, 0.15) is 0 Å². The number of rotatable bonds is 2. The van der Waals surface area contributed by atoms with Crippen molar-refractivity contribution >= 4 is 17.7 Å². The predicted molar refractivity (Wildman–Crippen MR) is 106 cm³/mol. The molecule has 3 atom stereocenters. The zero-order valence-electron chi connectivity index (χ0n) is 16.6. The van der Waals surface area contributed by atoms with Crippen LogP contribution >= 0.6 is 0 Å². The summed E-state index contributed by atoms with van der Waals surface area (Å²) in [5, 5.41) is 0. The molecule has 1 aromatic rings. The number of piperidine rings is 1. The minimum absolute atomic E-state index is 0.0181. The third kappa shape index (κ3) is 3.13. The van der Waals surface area contributed by atoms with Gasteiger partial charge in [0.25, 0.3) is 11.8 Å². The Morgan fingerprint density at radius 3 is 2.14 bits per heavy atom. The quantitative estimate of drug-likeness (QED) is 0.795. The maximum Gasteiger partial charge on any atom is 0.261 e. The Morgan fingerprint density at radius 1 is 1.00 bits per heavy atom. The van der Waals surface area contributed by atoms with E-state index in [9.17, 15) is 14.4 Å². The number of carbonyl (C=O) groups excluding carboxylic acids is 3. The molecule has 3 unspecified atom stereocenters. The molecule has 0 bridgehead atoms. The maximum absolute atomic E-state index is 13.1. The highest BCUT2D eigenvalue weighted by Crippen LogP contribution is 2.35. The lowest BCUT2D eigenvalue weighted by Crippen LogP contribution is -2.54. The van der Waals surface area contributed by atoms with E-state index in [-0.39, 0.29) is 41.8 Å². The van der Waals surface area contributed by atoms with Gasteiger partial charge in [-0.3, -0.25) is 19.3 Å². The van der Waals surface area contributed by atoms with Gasteiger partial charge in [-0.25, -0.2) is 0 Å². The first-order valence-corrected chi connectivity index (χ1v) is 10.4. The van der Waals surface area contributed by atoms with Crippen LogP contribution in [0.4, 0.5) is 0 Å². The van der Waals surface area contributed by atoms with E-state index in [1.54, 1.807) is 24.3 Å². The van der Waals surface area contributed by atoms with Crippen molar-refractivity contribution in [3.05, 3.63) is 35.4 Å². The van der Waals surface area contributed by atoms with Crippen molar-refractivity contribution in [1.29, 1.82) is 0 Å². The molecule has 6 nitrogen and oxygen atoms in total. The maximum atomic E-state index is 13.1. The van der Waals surface area contributed by atoms with Crippen molar-refractivity contribution in [3.8, 4) is 0 Å². The molecule has 2 fully saturated rings. The highest BCUT2D eigenvalue weighted by atomic mass is 16.2. The van der Waals surface area contributed by atoms with Gasteiger partial charge >= 0.3 is 0 Å². The number of benzene rings is 1. The lowest BCUT2D eigenvalue weighted by atomic mass is 9.82. The third-order valence-corrected chi connectivity index (χ3v) is 6.88. The molecule has 1 aliphatic carbocycles. The fraction of sp³-hybridized carbons (Fsp3) is 0.591. The number of nitrogens with two attached hydrogens (primary N) is 1. The van der Waals surface area contributed by atoms with Crippen LogP contribution in [0.5, 0.6) is 0 Å². The largest absolute Gasteiger partial charge is 0.339 e. The summed E-state index contributed by atoms with van der Waals surface area (Å²) in [5.41, 5.74) is 7.15. The summed E-state index contributed by atoms with van der Waals surface area (Å²) in [6.07, 6.45) is 3.68. The van der Waals surface area contributed by atoms with Crippen molar-refractivity contribution in [1.82, 2.24) is 9.80 Å². The number of hydrogen-bond donors (Lipinski definition) is 1. The van der Waals surface area contributed by atoms with Crippen molar-refractivity contribution in [2.45, 2.75) is 64.1 Å². The number of carbonyl (C=O) groups is 3. The van der Waals surface area contributed by atoms with E-state index >= 15 is 0 Å². The Labute approximate surface area is 166 Å². The normalized spacial score (nSPS) is 33.2. The third-order valence-electron chi connectivity index (χ3n) is 6.88. The van der Waals surface area contributed by atoms with Gasteiger partial charge < -0.3 is 10.6 Å². The van der Waals surface area contributed by atoms with E-state index in [4.69, 9.17) is 5.73 Å². The first kappa shape index (κ1) is 19.1. The molecule has 0 spiro atoms. The van der Waals surface area contributed by atoms with Gasteiger partial charge in [0.2, 0.25) is 5.91 Å². The van der Waals surface area contributed by atoms with Crippen LogP contribution in [0.3, 0.4) is 0 Å². The van der Waals surface area contributed by atoms with E-state index in [1.807, 2.05) is 4.90 Å². The second kappa shape index (κ2) is 7.32. The summed E-state index contributed by atoms with van der Waals surface area (Å²) in [5.74, 6) is 0.128. The molecule has 1 saturated heterocycles. The molecular formula is C22H29N3O3. The average Bonchev–Trinajstić information content (AvgIpc) is 2.95. The van der Waals surface area contributed by atoms with Crippen LogP contribution in [0.25, 0.3) is 0 Å². The summed E-state index contributed by atoms with van der Waals surface area (Å²) in [4.78, 5) is 41.9. The van der Waals surface area contributed by atoms with E-state index in [1.165, 1.54) is 4.90 Å². The van der Waals surface area contributed by atoms with E-state index < -0.39 is 0 Å². The Balaban J connectivity index is 1.40. The molecule has 0 aromatic heterocycles. The van der Waals surface area contributed by atoms with Gasteiger partial charge in [-0.2, -0.15) is 0 Å². The Morgan fingerprint density at radius 2 is 1.57 bits per heavy atom. The Hall–Kier alpha value is -2.21. The van der Waals surface area contributed by atoms with Crippen LogP contribution in [0.15, 0.2) is 24.3 Å². The van der Waals surface area contributed by atoms with Crippen LogP contribution in [0.1, 0.15) is 66.7 Å². The number of fused-ring (bicyclic) bond motifs is 1. The van der Waals surface area contributed by atoms with Crippen molar-refractivity contribution in [2.24, 2.45) is 17.6 Å². The number of amides is 3. The van der Waals surface area contributed by atoms with Gasteiger partial charge in [-0.1, -0.05) is 19.1 Å². The zero-order valence-corrected chi connectivity index (χ0v) is 16.6. The predicted octanol–water partition coefficient (Wildman–Crippen LogP) is 2.43. The number of hydrogen-bond acceptors (Lipinski definition) is 4. The standard InChI is InChI=1S/C22H29N3O3/c1-13-12-24(14(2)11-19(13)23)20(26)15-7-9-16(10-8-15)25-21(27)17-5-3-4-6-18(17)22(25)28/h3-6,13-16,19H,7-12,23H2,1-2H3. The Kier molecular flexibility index (Phi) is 5.00. The molecule has 2 heterocycles. The molecule has 1 aromatic carbocycles. The molecule has 2 aliphatic heterocycles. The molecule has 3 amide bonds. The van der Waals surface area contributed by atoms with E-state index in [0.29, 0.717) is 29.9 Å². The molecule has 1 saturated carbocycles. The number of likely N-dealkylation sites (tertiary alicyclic amines) is 1. The second-order valence-corrected chi connectivity index (χ2v) is 8.75.